The van der Waals surface area contributed by atoms with Gasteiger partial charge in [0.1, 0.15) is 6.04 Å². The van der Waals surface area contributed by atoms with Crippen LogP contribution in [0.5, 0.6) is 0 Å². The maximum Gasteiger partial charge on any atom is 0.242 e. The number of aliphatic hydroxyl groups excluding tert-OH is 1. The molecular weight excluding hydrogens is 310 g/mol. The molecule has 2 atom stereocenters. The fourth-order valence-corrected chi connectivity index (χ4v) is 3.64. The van der Waals surface area contributed by atoms with Gasteiger partial charge in [-0.15, -0.1) is 11.3 Å². The largest absolute Gasteiger partial charge is 0.391 e. The quantitative estimate of drug-likeness (QED) is 0.848. The number of hydrogen-bond acceptors (Lipinski definition) is 5. The van der Waals surface area contributed by atoms with Crippen LogP contribution in [0.15, 0.2) is 41.9 Å². The Bertz CT molecular complexity index is 618. The van der Waals surface area contributed by atoms with Crippen molar-refractivity contribution < 1.29 is 9.90 Å². The number of aliphatic hydroxyl groups is 1. The van der Waals surface area contributed by atoms with E-state index in [4.69, 9.17) is 0 Å². The van der Waals surface area contributed by atoms with Gasteiger partial charge in [0.05, 0.1) is 6.10 Å². The fraction of sp³-hybridized carbons (Fsp3) is 0.412. The van der Waals surface area contributed by atoms with E-state index in [1.807, 2.05) is 35.7 Å². The highest BCUT2D eigenvalue weighted by Crippen LogP contribution is 2.27. The molecule has 1 aliphatic heterocycles. The van der Waals surface area contributed by atoms with E-state index in [-0.39, 0.29) is 18.5 Å². The zero-order chi connectivity index (χ0) is 16.1. The molecule has 2 heterocycles. The highest BCUT2D eigenvalue weighted by atomic mass is 32.1. The SMILES string of the molecule is O=C(NCC(O)Cc1ccccc1)C1CCCN1c1nccs1. The zero-order valence-electron chi connectivity index (χ0n) is 12.9. The molecule has 1 amide bonds. The minimum absolute atomic E-state index is 0.0233. The van der Waals surface area contributed by atoms with Gasteiger partial charge >= 0.3 is 0 Å². The van der Waals surface area contributed by atoms with E-state index in [2.05, 4.69) is 15.2 Å². The van der Waals surface area contributed by atoms with Gasteiger partial charge in [0.2, 0.25) is 5.91 Å². The number of aromatic nitrogens is 1. The van der Waals surface area contributed by atoms with Crippen molar-refractivity contribution in [2.75, 3.05) is 18.0 Å². The topological polar surface area (TPSA) is 65.5 Å². The molecule has 5 nitrogen and oxygen atoms in total. The van der Waals surface area contributed by atoms with Crippen LogP contribution in [0.2, 0.25) is 0 Å². The predicted octanol–water partition coefficient (Wildman–Crippen LogP) is 1.83. The molecule has 0 spiro atoms. The average molecular weight is 331 g/mol. The molecule has 1 aromatic heterocycles. The molecule has 1 fully saturated rings. The van der Waals surface area contributed by atoms with Crippen LogP contribution < -0.4 is 10.2 Å². The Morgan fingerprint density at radius 1 is 1.43 bits per heavy atom. The molecule has 122 valence electrons. The summed E-state index contributed by atoms with van der Waals surface area (Å²) in [6.07, 6.45) is 3.56. The van der Waals surface area contributed by atoms with Crippen molar-refractivity contribution in [2.24, 2.45) is 0 Å². The Kier molecular flexibility index (Phi) is 5.25. The van der Waals surface area contributed by atoms with Gasteiger partial charge in [0.15, 0.2) is 5.13 Å². The highest BCUT2D eigenvalue weighted by molar-refractivity contribution is 7.13. The summed E-state index contributed by atoms with van der Waals surface area (Å²) >= 11 is 1.55. The maximum absolute atomic E-state index is 12.4. The van der Waals surface area contributed by atoms with Crippen molar-refractivity contribution in [3.63, 3.8) is 0 Å². The molecule has 2 aromatic rings. The van der Waals surface area contributed by atoms with Gasteiger partial charge in [-0.3, -0.25) is 4.79 Å². The average Bonchev–Trinajstić information content (AvgIpc) is 3.24. The van der Waals surface area contributed by atoms with Gasteiger partial charge in [-0.25, -0.2) is 4.98 Å². The van der Waals surface area contributed by atoms with E-state index in [0.29, 0.717) is 6.42 Å². The zero-order valence-corrected chi connectivity index (χ0v) is 13.7. The molecule has 0 bridgehead atoms. The lowest BCUT2D eigenvalue weighted by Crippen LogP contribution is -2.45. The Morgan fingerprint density at radius 2 is 2.26 bits per heavy atom. The third-order valence-corrected chi connectivity index (χ3v) is 4.86. The molecular formula is C17H21N3O2S. The van der Waals surface area contributed by atoms with Crippen LogP contribution >= 0.6 is 11.3 Å². The van der Waals surface area contributed by atoms with Crippen LogP contribution in [0, 0.1) is 0 Å². The van der Waals surface area contributed by atoms with Crippen LogP contribution in [0.3, 0.4) is 0 Å². The fourth-order valence-electron chi connectivity index (χ4n) is 2.92. The van der Waals surface area contributed by atoms with E-state index < -0.39 is 6.10 Å². The first-order valence-electron chi connectivity index (χ1n) is 7.90. The van der Waals surface area contributed by atoms with Crippen LogP contribution in [-0.4, -0.2) is 41.2 Å². The van der Waals surface area contributed by atoms with E-state index in [0.717, 1.165) is 30.1 Å². The summed E-state index contributed by atoms with van der Waals surface area (Å²) in [5.41, 5.74) is 1.07. The first-order valence-corrected chi connectivity index (χ1v) is 8.78. The van der Waals surface area contributed by atoms with Crippen molar-refractivity contribution in [3.05, 3.63) is 47.5 Å². The van der Waals surface area contributed by atoms with Crippen LogP contribution in [0.25, 0.3) is 0 Å². The number of carbonyl (C=O) groups excluding carboxylic acids is 1. The van der Waals surface area contributed by atoms with Crippen molar-refractivity contribution >= 4 is 22.4 Å². The summed E-state index contributed by atoms with van der Waals surface area (Å²) in [6.45, 7) is 1.13. The molecule has 1 aromatic carbocycles. The minimum Gasteiger partial charge on any atom is -0.391 e. The lowest BCUT2D eigenvalue weighted by Gasteiger charge is -2.23. The number of hydrogen-bond donors (Lipinski definition) is 2. The molecule has 2 N–H and O–H groups in total. The van der Waals surface area contributed by atoms with Crippen LogP contribution in [0.4, 0.5) is 5.13 Å². The smallest absolute Gasteiger partial charge is 0.242 e. The number of thiazole rings is 1. The Labute approximate surface area is 140 Å². The normalized spacial score (nSPS) is 18.8. The molecule has 0 aliphatic carbocycles. The summed E-state index contributed by atoms with van der Waals surface area (Å²) < 4.78 is 0. The molecule has 3 rings (SSSR count). The van der Waals surface area contributed by atoms with Gasteiger partial charge in [-0.2, -0.15) is 0 Å². The van der Waals surface area contributed by atoms with Gasteiger partial charge in [-0.05, 0) is 18.4 Å². The van der Waals surface area contributed by atoms with Crippen molar-refractivity contribution in [1.29, 1.82) is 0 Å². The Hall–Kier alpha value is -1.92. The molecule has 6 heteroatoms. The van der Waals surface area contributed by atoms with E-state index in [1.54, 1.807) is 17.5 Å². The molecule has 2 unspecified atom stereocenters. The van der Waals surface area contributed by atoms with Crippen molar-refractivity contribution in [1.82, 2.24) is 10.3 Å². The number of amides is 1. The second-order valence-corrected chi connectivity index (χ2v) is 6.63. The van der Waals surface area contributed by atoms with Crippen molar-refractivity contribution in [3.8, 4) is 0 Å². The minimum atomic E-state index is -0.573. The maximum atomic E-state index is 12.4. The molecule has 1 saturated heterocycles. The second-order valence-electron chi connectivity index (χ2n) is 5.75. The summed E-state index contributed by atoms with van der Waals surface area (Å²) in [4.78, 5) is 18.8. The van der Waals surface area contributed by atoms with Gasteiger partial charge < -0.3 is 15.3 Å². The highest BCUT2D eigenvalue weighted by Gasteiger charge is 2.32. The first kappa shape index (κ1) is 16.0. The van der Waals surface area contributed by atoms with Crippen molar-refractivity contribution in [2.45, 2.75) is 31.4 Å². The second kappa shape index (κ2) is 7.57. The number of benzene rings is 1. The summed E-state index contributed by atoms with van der Waals surface area (Å²) in [6, 6.07) is 9.63. The van der Waals surface area contributed by atoms with Gasteiger partial charge in [0, 0.05) is 31.1 Å². The predicted molar refractivity (Wildman–Crippen MR) is 91.6 cm³/mol. The van der Waals surface area contributed by atoms with E-state index in [9.17, 15) is 9.90 Å². The van der Waals surface area contributed by atoms with Crippen LogP contribution in [-0.2, 0) is 11.2 Å². The number of anilines is 1. The Morgan fingerprint density at radius 3 is 3.00 bits per heavy atom. The molecule has 1 aliphatic rings. The number of carbonyl (C=O) groups is 1. The lowest BCUT2D eigenvalue weighted by molar-refractivity contribution is -0.122. The molecule has 23 heavy (non-hydrogen) atoms. The molecule has 0 saturated carbocycles. The third-order valence-electron chi connectivity index (χ3n) is 4.05. The number of nitrogens with zero attached hydrogens (tertiary/aromatic N) is 2. The summed E-state index contributed by atoms with van der Waals surface area (Å²) in [7, 11) is 0. The monoisotopic (exact) mass is 331 g/mol. The first-order chi connectivity index (χ1) is 11.2. The Balaban J connectivity index is 1.51. The summed E-state index contributed by atoms with van der Waals surface area (Å²) in [5, 5.41) is 15.8. The number of rotatable bonds is 6. The van der Waals surface area contributed by atoms with Gasteiger partial charge in [-0.1, -0.05) is 30.3 Å². The molecule has 0 radical (unpaired) electrons. The summed E-state index contributed by atoms with van der Waals surface area (Å²) in [5.74, 6) is -0.0233. The number of nitrogens with one attached hydrogen (secondary N) is 1. The van der Waals surface area contributed by atoms with Gasteiger partial charge in [0.25, 0.3) is 0 Å². The standard InChI is InChI=1S/C17H21N3O2S/c21-14(11-13-5-2-1-3-6-13)12-19-16(22)15-7-4-9-20(15)17-18-8-10-23-17/h1-3,5-6,8,10,14-15,21H,4,7,9,11-12H2,(H,19,22). The van der Waals surface area contributed by atoms with Crippen LogP contribution in [0.1, 0.15) is 18.4 Å². The lowest BCUT2D eigenvalue weighted by atomic mass is 10.1. The van der Waals surface area contributed by atoms with E-state index in [1.165, 1.54) is 0 Å². The van der Waals surface area contributed by atoms with E-state index >= 15 is 0 Å². The third kappa shape index (κ3) is 4.09.